The molecule has 0 aliphatic carbocycles. The molecule has 0 aromatic heterocycles. The predicted molar refractivity (Wildman–Crippen MR) is 83.9 cm³/mol. The Morgan fingerprint density at radius 2 is 2.00 bits per heavy atom. The molecule has 0 spiro atoms. The van der Waals surface area contributed by atoms with Crippen LogP contribution in [0, 0.1) is 0 Å². The van der Waals surface area contributed by atoms with Gasteiger partial charge < -0.3 is 10.5 Å². The zero-order valence-electron chi connectivity index (χ0n) is 12.0. The van der Waals surface area contributed by atoms with Gasteiger partial charge >= 0.3 is 5.97 Å². The van der Waals surface area contributed by atoms with E-state index in [9.17, 15) is 13.2 Å². The first-order chi connectivity index (χ1) is 9.35. The molecule has 0 bridgehead atoms. The van der Waals surface area contributed by atoms with Crippen LogP contribution in [-0.2, 0) is 20.5 Å². The van der Waals surface area contributed by atoms with Crippen LogP contribution < -0.4 is 10.5 Å². The molecule has 1 aromatic carbocycles. The SMILES string of the molecule is COC(=O)c1ccccc1CS(=O)(=O)NCCC(C)N.Cl. The van der Waals surface area contributed by atoms with Gasteiger partial charge in [-0.25, -0.2) is 17.9 Å². The van der Waals surface area contributed by atoms with Crippen LogP contribution in [0.3, 0.4) is 0 Å². The lowest BCUT2D eigenvalue weighted by Crippen LogP contribution is -2.30. The molecule has 21 heavy (non-hydrogen) atoms. The Balaban J connectivity index is 0.00000400. The van der Waals surface area contributed by atoms with Gasteiger partial charge in [-0.2, -0.15) is 0 Å². The predicted octanol–water partition coefficient (Wildman–Crippen LogP) is 1.05. The number of hydrogen-bond acceptors (Lipinski definition) is 5. The van der Waals surface area contributed by atoms with Gasteiger partial charge in [0.1, 0.15) is 0 Å². The Kier molecular flexibility index (Phi) is 8.50. The molecule has 6 nitrogen and oxygen atoms in total. The molecule has 8 heteroatoms. The summed E-state index contributed by atoms with van der Waals surface area (Å²) >= 11 is 0. The molecule has 1 unspecified atom stereocenters. The van der Waals surface area contributed by atoms with Crippen molar-refractivity contribution < 1.29 is 17.9 Å². The van der Waals surface area contributed by atoms with Crippen LogP contribution in [0.15, 0.2) is 24.3 Å². The van der Waals surface area contributed by atoms with Crippen LogP contribution in [0.2, 0.25) is 0 Å². The Bertz CT molecular complexity index is 561. The van der Waals surface area contributed by atoms with E-state index in [1.807, 2.05) is 0 Å². The van der Waals surface area contributed by atoms with Gasteiger partial charge in [0.05, 0.1) is 18.4 Å². The summed E-state index contributed by atoms with van der Waals surface area (Å²) in [5.41, 5.74) is 6.23. The van der Waals surface area contributed by atoms with Crippen molar-refractivity contribution >= 4 is 28.4 Å². The minimum Gasteiger partial charge on any atom is -0.465 e. The van der Waals surface area contributed by atoms with Crippen LogP contribution in [0.5, 0.6) is 0 Å². The van der Waals surface area contributed by atoms with Crippen LogP contribution in [-0.4, -0.2) is 34.1 Å². The van der Waals surface area contributed by atoms with Gasteiger partial charge in [0, 0.05) is 12.6 Å². The number of nitrogens with one attached hydrogen (secondary N) is 1. The third-order valence-corrected chi connectivity index (χ3v) is 4.02. The number of sulfonamides is 1. The maximum absolute atomic E-state index is 11.9. The van der Waals surface area contributed by atoms with Gasteiger partial charge in [0.15, 0.2) is 0 Å². The molecular formula is C13H21ClN2O4S. The summed E-state index contributed by atoms with van der Waals surface area (Å²) in [4.78, 5) is 11.6. The molecule has 3 N–H and O–H groups in total. The van der Waals surface area contributed by atoms with Crippen LogP contribution in [0.4, 0.5) is 0 Å². The molecule has 0 aliphatic rings. The number of carbonyl (C=O) groups excluding carboxylic acids is 1. The van der Waals surface area contributed by atoms with Crippen molar-refractivity contribution in [3.63, 3.8) is 0 Å². The first kappa shape index (κ1) is 19.9. The van der Waals surface area contributed by atoms with Crippen LogP contribution in [0.1, 0.15) is 29.3 Å². The largest absolute Gasteiger partial charge is 0.465 e. The highest BCUT2D eigenvalue weighted by molar-refractivity contribution is 7.88. The van der Waals surface area contributed by atoms with E-state index in [0.29, 0.717) is 12.0 Å². The van der Waals surface area contributed by atoms with E-state index < -0.39 is 16.0 Å². The van der Waals surface area contributed by atoms with Crippen molar-refractivity contribution in [3.05, 3.63) is 35.4 Å². The van der Waals surface area contributed by atoms with Crippen molar-refractivity contribution in [2.75, 3.05) is 13.7 Å². The number of rotatable bonds is 7. The van der Waals surface area contributed by atoms with E-state index in [1.165, 1.54) is 7.11 Å². The second-order valence-corrected chi connectivity index (χ2v) is 6.37. The lowest BCUT2D eigenvalue weighted by molar-refractivity contribution is 0.0600. The van der Waals surface area contributed by atoms with E-state index in [4.69, 9.17) is 5.73 Å². The van der Waals surface area contributed by atoms with Crippen molar-refractivity contribution in [1.29, 1.82) is 0 Å². The number of benzene rings is 1. The van der Waals surface area contributed by atoms with Gasteiger partial charge in [0.25, 0.3) is 0 Å². The Morgan fingerprint density at radius 3 is 2.57 bits per heavy atom. The van der Waals surface area contributed by atoms with Gasteiger partial charge in [-0.3, -0.25) is 0 Å². The molecule has 0 fully saturated rings. The molecule has 0 aliphatic heterocycles. The average molecular weight is 337 g/mol. The molecule has 1 aromatic rings. The number of hydrogen-bond donors (Lipinski definition) is 2. The van der Waals surface area contributed by atoms with Crippen molar-refractivity contribution in [2.45, 2.75) is 25.1 Å². The molecule has 120 valence electrons. The summed E-state index contributed by atoms with van der Waals surface area (Å²) in [5, 5.41) is 0. The summed E-state index contributed by atoms with van der Waals surface area (Å²) in [6.45, 7) is 2.08. The van der Waals surface area contributed by atoms with Crippen LogP contribution >= 0.6 is 12.4 Å². The number of methoxy groups -OCH3 is 1. The first-order valence-corrected chi connectivity index (χ1v) is 7.90. The Labute approximate surface area is 131 Å². The number of ether oxygens (including phenoxy) is 1. The van der Waals surface area contributed by atoms with Gasteiger partial charge in [-0.05, 0) is 25.0 Å². The normalized spacial score (nSPS) is 12.3. The fraction of sp³-hybridized carbons (Fsp3) is 0.462. The first-order valence-electron chi connectivity index (χ1n) is 6.25. The third kappa shape index (κ3) is 6.90. The molecule has 0 saturated carbocycles. The molecule has 1 atom stereocenters. The standard InChI is InChI=1S/C13H20N2O4S.ClH/c1-10(14)7-8-15-20(17,18)9-11-5-3-4-6-12(11)13(16)19-2;/h3-6,10,15H,7-9,14H2,1-2H3;1H. The van der Waals surface area contributed by atoms with E-state index in [0.717, 1.165) is 0 Å². The van der Waals surface area contributed by atoms with Crippen molar-refractivity contribution in [2.24, 2.45) is 5.73 Å². The monoisotopic (exact) mass is 336 g/mol. The van der Waals surface area contributed by atoms with Crippen LogP contribution in [0.25, 0.3) is 0 Å². The third-order valence-electron chi connectivity index (χ3n) is 2.69. The second-order valence-electron chi connectivity index (χ2n) is 4.57. The highest BCUT2D eigenvalue weighted by Crippen LogP contribution is 2.13. The zero-order chi connectivity index (χ0) is 15.2. The minimum atomic E-state index is -3.51. The summed E-state index contributed by atoms with van der Waals surface area (Å²) in [6.07, 6.45) is 0.553. The topological polar surface area (TPSA) is 98.5 Å². The van der Waals surface area contributed by atoms with Crippen molar-refractivity contribution in [3.8, 4) is 0 Å². The molecule has 0 heterocycles. The second kappa shape index (κ2) is 8.99. The number of halogens is 1. The van der Waals surface area contributed by atoms with Crippen molar-refractivity contribution in [1.82, 2.24) is 4.72 Å². The summed E-state index contributed by atoms with van der Waals surface area (Å²) < 4.78 is 31.0. The molecule has 0 saturated heterocycles. The smallest absolute Gasteiger partial charge is 0.338 e. The highest BCUT2D eigenvalue weighted by Gasteiger charge is 2.17. The molecule has 1 rings (SSSR count). The van der Waals surface area contributed by atoms with Gasteiger partial charge in [0.2, 0.25) is 10.0 Å². The van der Waals surface area contributed by atoms with E-state index in [-0.39, 0.29) is 36.3 Å². The fourth-order valence-corrected chi connectivity index (χ4v) is 2.85. The molecule has 0 amide bonds. The number of carbonyl (C=O) groups is 1. The Morgan fingerprint density at radius 1 is 1.38 bits per heavy atom. The Hall–Kier alpha value is -1.15. The van der Waals surface area contributed by atoms with Gasteiger partial charge in [-0.1, -0.05) is 18.2 Å². The molecule has 0 radical (unpaired) electrons. The van der Waals surface area contributed by atoms with E-state index >= 15 is 0 Å². The summed E-state index contributed by atoms with van der Waals surface area (Å²) in [5.74, 6) is -0.816. The van der Waals surface area contributed by atoms with Gasteiger partial charge in [-0.15, -0.1) is 12.4 Å². The minimum absolute atomic E-state index is 0. The molecular weight excluding hydrogens is 316 g/mol. The lowest BCUT2D eigenvalue weighted by Gasteiger charge is -2.10. The lowest BCUT2D eigenvalue weighted by atomic mass is 10.1. The maximum atomic E-state index is 11.9. The maximum Gasteiger partial charge on any atom is 0.338 e. The van der Waals surface area contributed by atoms with E-state index in [1.54, 1.807) is 31.2 Å². The quantitative estimate of drug-likeness (QED) is 0.725. The zero-order valence-corrected chi connectivity index (χ0v) is 13.7. The summed E-state index contributed by atoms with van der Waals surface area (Å²) in [7, 11) is -2.25. The highest BCUT2D eigenvalue weighted by atomic mass is 35.5. The number of nitrogens with two attached hydrogens (primary N) is 1. The average Bonchev–Trinajstić information content (AvgIpc) is 2.37. The number of esters is 1. The van der Waals surface area contributed by atoms with E-state index in [2.05, 4.69) is 9.46 Å². The fourth-order valence-electron chi connectivity index (χ4n) is 1.65. The summed E-state index contributed by atoms with van der Waals surface area (Å²) in [6, 6.07) is 6.40.